The van der Waals surface area contributed by atoms with Crippen molar-refractivity contribution in [3.05, 3.63) is 29.8 Å². The fourth-order valence-electron chi connectivity index (χ4n) is 3.78. The third-order valence-corrected chi connectivity index (χ3v) is 5.11. The first kappa shape index (κ1) is 14.9. The third kappa shape index (κ3) is 3.42. The largest absolute Gasteiger partial charge is 0.465 e. The van der Waals surface area contributed by atoms with Gasteiger partial charge >= 0.3 is 0 Å². The monoisotopic (exact) mass is 288 g/mol. The molecular formula is C19H28O2. The zero-order chi connectivity index (χ0) is 14.8. The van der Waals surface area contributed by atoms with Crippen LogP contribution in [0.4, 0.5) is 0 Å². The van der Waals surface area contributed by atoms with E-state index < -0.39 is 0 Å². The van der Waals surface area contributed by atoms with Gasteiger partial charge in [-0.2, -0.15) is 0 Å². The highest BCUT2D eigenvalue weighted by molar-refractivity contribution is 5.27. The van der Waals surface area contributed by atoms with Gasteiger partial charge in [0.05, 0.1) is 6.10 Å². The Labute approximate surface area is 128 Å². The predicted octanol–water partition coefficient (Wildman–Crippen LogP) is 4.82. The highest BCUT2D eigenvalue weighted by Gasteiger charge is 2.41. The Hall–Kier alpha value is -1.02. The summed E-state index contributed by atoms with van der Waals surface area (Å²) < 4.78 is 12.5. The Kier molecular flexibility index (Phi) is 4.54. The summed E-state index contributed by atoms with van der Waals surface area (Å²) in [6.07, 6.45) is 6.75. The zero-order valence-electron chi connectivity index (χ0n) is 13.5. The van der Waals surface area contributed by atoms with Gasteiger partial charge in [0.2, 0.25) is 6.29 Å². The quantitative estimate of drug-likeness (QED) is 0.699. The van der Waals surface area contributed by atoms with Gasteiger partial charge in [0.1, 0.15) is 5.75 Å². The van der Waals surface area contributed by atoms with Crippen molar-refractivity contribution < 1.29 is 9.47 Å². The van der Waals surface area contributed by atoms with Crippen molar-refractivity contribution in [1.29, 1.82) is 0 Å². The van der Waals surface area contributed by atoms with E-state index >= 15 is 0 Å². The second-order valence-electron chi connectivity index (χ2n) is 7.08. The van der Waals surface area contributed by atoms with E-state index in [1.54, 1.807) is 0 Å². The van der Waals surface area contributed by atoms with Crippen molar-refractivity contribution in [3.63, 3.8) is 0 Å². The van der Waals surface area contributed by atoms with Gasteiger partial charge in [0, 0.05) is 5.92 Å². The Morgan fingerprint density at radius 3 is 2.38 bits per heavy atom. The lowest BCUT2D eigenvalue weighted by Crippen LogP contribution is -2.34. The van der Waals surface area contributed by atoms with Gasteiger partial charge in [0.25, 0.3) is 0 Å². The molecule has 2 heteroatoms. The van der Waals surface area contributed by atoms with Crippen LogP contribution in [0, 0.1) is 17.8 Å². The van der Waals surface area contributed by atoms with Crippen LogP contribution in [-0.2, 0) is 11.2 Å². The number of rotatable bonds is 6. The molecule has 2 saturated carbocycles. The fraction of sp³-hybridized carbons (Fsp3) is 0.684. The molecule has 2 nitrogen and oxygen atoms in total. The molecule has 2 aliphatic carbocycles. The Morgan fingerprint density at radius 2 is 1.86 bits per heavy atom. The minimum atomic E-state index is -0.123. The molecule has 0 radical (unpaired) electrons. The SMILES string of the molecule is CCc1ccc(OC(OC2CC3CCC2C3)C(C)C)cc1. The van der Waals surface area contributed by atoms with E-state index in [2.05, 4.69) is 45.0 Å². The molecule has 3 rings (SSSR count). The van der Waals surface area contributed by atoms with Crippen LogP contribution >= 0.6 is 0 Å². The predicted molar refractivity (Wildman–Crippen MR) is 85.4 cm³/mol. The minimum Gasteiger partial charge on any atom is -0.465 e. The topological polar surface area (TPSA) is 18.5 Å². The number of hydrogen-bond acceptors (Lipinski definition) is 2. The second-order valence-corrected chi connectivity index (χ2v) is 7.08. The maximum Gasteiger partial charge on any atom is 0.202 e. The van der Waals surface area contributed by atoms with Crippen molar-refractivity contribution in [3.8, 4) is 5.75 Å². The van der Waals surface area contributed by atoms with Crippen LogP contribution in [0.3, 0.4) is 0 Å². The minimum absolute atomic E-state index is 0.123. The molecule has 0 N–H and O–H groups in total. The summed E-state index contributed by atoms with van der Waals surface area (Å²) in [4.78, 5) is 0. The van der Waals surface area contributed by atoms with Crippen LogP contribution in [0.15, 0.2) is 24.3 Å². The lowest BCUT2D eigenvalue weighted by Gasteiger charge is -2.30. The zero-order valence-corrected chi connectivity index (χ0v) is 13.5. The molecule has 2 bridgehead atoms. The Bertz CT molecular complexity index is 451. The molecule has 0 saturated heterocycles. The Balaban J connectivity index is 1.61. The van der Waals surface area contributed by atoms with E-state index in [0.717, 1.165) is 24.0 Å². The van der Waals surface area contributed by atoms with Crippen molar-refractivity contribution in [2.45, 2.75) is 65.3 Å². The standard InChI is InChI=1S/C19H28O2/c1-4-14-6-9-17(10-7-14)20-19(13(2)3)21-18-12-15-5-8-16(18)11-15/h6-7,9-10,13,15-16,18-19H,4-5,8,11-12H2,1-3H3. The second kappa shape index (κ2) is 6.39. The van der Waals surface area contributed by atoms with E-state index in [4.69, 9.17) is 9.47 Å². The van der Waals surface area contributed by atoms with Gasteiger partial charge in [-0.3, -0.25) is 0 Å². The molecule has 0 aromatic heterocycles. The molecule has 4 atom stereocenters. The van der Waals surface area contributed by atoms with Crippen LogP contribution in [0.2, 0.25) is 0 Å². The van der Waals surface area contributed by atoms with Crippen LogP contribution in [0.25, 0.3) is 0 Å². The first-order valence-corrected chi connectivity index (χ1v) is 8.56. The molecule has 4 unspecified atom stereocenters. The lowest BCUT2D eigenvalue weighted by atomic mass is 9.97. The molecular weight excluding hydrogens is 260 g/mol. The highest BCUT2D eigenvalue weighted by Crippen LogP contribution is 2.46. The number of aryl methyl sites for hydroxylation is 1. The number of benzene rings is 1. The van der Waals surface area contributed by atoms with Crippen molar-refractivity contribution in [1.82, 2.24) is 0 Å². The summed E-state index contributed by atoms with van der Waals surface area (Å²) in [6, 6.07) is 8.42. The number of ether oxygens (including phenoxy) is 2. The van der Waals surface area contributed by atoms with Crippen LogP contribution in [0.5, 0.6) is 5.75 Å². The van der Waals surface area contributed by atoms with E-state index in [-0.39, 0.29) is 6.29 Å². The summed E-state index contributed by atoms with van der Waals surface area (Å²) in [5.41, 5.74) is 1.34. The lowest BCUT2D eigenvalue weighted by molar-refractivity contribution is -0.155. The molecule has 0 amide bonds. The molecule has 2 aliphatic rings. The smallest absolute Gasteiger partial charge is 0.202 e. The maximum absolute atomic E-state index is 6.35. The van der Waals surface area contributed by atoms with Crippen molar-refractivity contribution >= 4 is 0 Å². The highest BCUT2D eigenvalue weighted by atomic mass is 16.7. The third-order valence-electron chi connectivity index (χ3n) is 5.11. The van der Waals surface area contributed by atoms with Gasteiger partial charge < -0.3 is 9.47 Å². The summed E-state index contributed by atoms with van der Waals surface area (Å²) in [5.74, 6) is 2.99. The summed E-state index contributed by atoms with van der Waals surface area (Å²) >= 11 is 0. The van der Waals surface area contributed by atoms with Gasteiger partial charge in [-0.25, -0.2) is 0 Å². The van der Waals surface area contributed by atoms with Crippen LogP contribution in [0.1, 0.15) is 52.0 Å². The molecule has 0 aliphatic heterocycles. The average molecular weight is 288 g/mol. The van der Waals surface area contributed by atoms with E-state index in [1.807, 2.05) is 0 Å². The van der Waals surface area contributed by atoms with Gasteiger partial charge in [-0.15, -0.1) is 0 Å². The molecule has 1 aromatic rings. The first-order valence-electron chi connectivity index (χ1n) is 8.56. The molecule has 2 fully saturated rings. The molecule has 0 spiro atoms. The van der Waals surface area contributed by atoms with Gasteiger partial charge in [-0.1, -0.05) is 32.9 Å². The molecule has 0 heterocycles. The van der Waals surface area contributed by atoms with Crippen LogP contribution < -0.4 is 4.74 Å². The number of hydrogen-bond donors (Lipinski definition) is 0. The van der Waals surface area contributed by atoms with Gasteiger partial charge in [0.15, 0.2) is 0 Å². The van der Waals surface area contributed by atoms with Crippen molar-refractivity contribution in [2.75, 3.05) is 0 Å². The van der Waals surface area contributed by atoms with Gasteiger partial charge in [-0.05, 0) is 61.6 Å². The first-order chi connectivity index (χ1) is 10.2. The number of fused-ring (bicyclic) bond motifs is 2. The maximum atomic E-state index is 6.35. The van der Waals surface area contributed by atoms with Crippen molar-refractivity contribution in [2.24, 2.45) is 17.8 Å². The van der Waals surface area contributed by atoms with E-state index in [1.165, 1.54) is 31.2 Å². The molecule has 1 aromatic carbocycles. The van der Waals surface area contributed by atoms with E-state index in [0.29, 0.717) is 12.0 Å². The van der Waals surface area contributed by atoms with E-state index in [9.17, 15) is 0 Å². The summed E-state index contributed by atoms with van der Waals surface area (Å²) in [5, 5.41) is 0. The summed E-state index contributed by atoms with van der Waals surface area (Å²) in [6.45, 7) is 6.53. The normalized spacial score (nSPS) is 29.0. The molecule has 21 heavy (non-hydrogen) atoms. The molecule has 116 valence electrons. The summed E-state index contributed by atoms with van der Waals surface area (Å²) in [7, 11) is 0. The Morgan fingerprint density at radius 1 is 1.10 bits per heavy atom. The van der Waals surface area contributed by atoms with Crippen LogP contribution in [-0.4, -0.2) is 12.4 Å². The fourth-order valence-corrected chi connectivity index (χ4v) is 3.78. The average Bonchev–Trinajstić information content (AvgIpc) is 3.10.